The van der Waals surface area contributed by atoms with Gasteiger partial charge in [-0.05, 0) is 42.5 Å². The van der Waals surface area contributed by atoms with E-state index in [4.69, 9.17) is 4.42 Å². The summed E-state index contributed by atoms with van der Waals surface area (Å²) in [6.07, 6.45) is 5.30. The van der Waals surface area contributed by atoms with Crippen molar-refractivity contribution in [3.8, 4) is 0 Å². The van der Waals surface area contributed by atoms with E-state index in [0.717, 1.165) is 12.2 Å². The number of benzene rings is 1. The molecule has 0 aliphatic heterocycles. The lowest BCUT2D eigenvalue weighted by Gasteiger charge is -2.22. The highest BCUT2D eigenvalue weighted by Gasteiger charge is 2.23. The smallest absolute Gasteiger partial charge is 0.115 e. The fraction of sp³-hybridized carbons (Fsp3) is 0.214. The highest BCUT2D eigenvalue weighted by Crippen LogP contribution is 2.35. The van der Waals surface area contributed by atoms with Crippen molar-refractivity contribution < 1.29 is 4.42 Å². The Morgan fingerprint density at radius 1 is 0.933 bits per heavy atom. The third-order valence-electron chi connectivity index (χ3n) is 3.03. The summed E-state index contributed by atoms with van der Waals surface area (Å²) in [5.41, 5.74) is 2.83. The number of rotatable bonds is 1. The monoisotopic (exact) mass is 197 g/mol. The summed E-state index contributed by atoms with van der Waals surface area (Å²) < 4.78 is 5.49. The fourth-order valence-corrected chi connectivity index (χ4v) is 2.33. The topological polar surface area (TPSA) is 13.1 Å². The van der Waals surface area contributed by atoms with E-state index in [2.05, 4.69) is 30.3 Å². The lowest BCUT2D eigenvalue weighted by Crippen LogP contribution is -2.10. The van der Waals surface area contributed by atoms with E-state index >= 15 is 0 Å². The maximum absolute atomic E-state index is 5.49. The molecule has 1 radical (unpaired) electrons. The minimum atomic E-state index is 1.03. The average Bonchev–Trinajstić information content (AvgIpc) is 2.82. The van der Waals surface area contributed by atoms with E-state index in [1.165, 1.54) is 29.9 Å². The van der Waals surface area contributed by atoms with E-state index in [-0.39, 0.29) is 0 Å². The van der Waals surface area contributed by atoms with Crippen LogP contribution >= 0.6 is 0 Å². The standard InChI is InChI=1S/C14H13O/c1-2-7-12-11(5-1)6-3-8-13(12)14-9-4-10-15-14/h1-2,4-5,7,9-10H,3,6,8H2. The normalized spacial score (nSPS) is 16.3. The quantitative estimate of drug-likeness (QED) is 0.681. The van der Waals surface area contributed by atoms with Crippen LogP contribution in [0.5, 0.6) is 0 Å². The Kier molecular flexibility index (Phi) is 2.09. The van der Waals surface area contributed by atoms with E-state index in [0.29, 0.717) is 0 Å². The van der Waals surface area contributed by atoms with Gasteiger partial charge in [-0.15, -0.1) is 0 Å². The minimum Gasteiger partial charge on any atom is -0.468 e. The van der Waals surface area contributed by atoms with Crippen LogP contribution in [0.3, 0.4) is 0 Å². The summed E-state index contributed by atoms with van der Waals surface area (Å²) in [5, 5.41) is 0. The molecule has 1 aromatic heterocycles. The van der Waals surface area contributed by atoms with Crippen LogP contribution in [-0.2, 0) is 6.42 Å². The van der Waals surface area contributed by atoms with Crippen LogP contribution in [0, 0.1) is 5.92 Å². The Hall–Kier alpha value is -1.50. The number of hydrogen-bond acceptors (Lipinski definition) is 1. The Morgan fingerprint density at radius 2 is 1.87 bits per heavy atom. The summed E-state index contributed by atoms with van der Waals surface area (Å²) in [5.74, 6) is 2.39. The van der Waals surface area contributed by atoms with Crippen LogP contribution in [-0.4, -0.2) is 0 Å². The van der Waals surface area contributed by atoms with Gasteiger partial charge in [-0.3, -0.25) is 0 Å². The Morgan fingerprint density at radius 3 is 2.73 bits per heavy atom. The molecule has 1 nitrogen and oxygen atoms in total. The van der Waals surface area contributed by atoms with Crippen LogP contribution in [0.1, 0.15) is 29.7 Å². The molecule has 3 rings (SSSR count). The molecule has 1 aromatic carbocycles. The van der Waals surface area contributed by atoms with E-state index in [1.807, 2.05) is 6.07 Å². The second-order valence-corrected chi connectivity index (χ2v) is 3.97. The van der Waals surface area contributed by atoms with Crippen molar-refractivity contribution in [2.24, 2.45) is 0 Å². The first-order chi connectivity index (χ1) is 7.45. The van der Waals surface area contributed by atoms with Crippen molar-refractivity contribution in [2.75, 3.05) is 0 Å². The van der Waals surface area contributed by atoms with Crippen LogP contribution in [0.2, 0.25) is 0 Å². The van der Waals surface area contributed by atoms with Gasteiger partial charge in [-0.2, -0.15) is 0 Å². The number of furan rings is 1. The third kappa shape index (κ3) is 1.48. The Balaban J connectivity index is 2.06. The van der Waals surface area contributed by atoms with Gasteiger partial charge in [0.15, 0.2) is 0 Å². The van der Waals surface area contributed by atoms with Gasteiger partial charge in [0.05, 0.1) is 12.2 Å². The van der Waals surface area contributed by atoms with Crippen LogP contribution in [0.15, 0.2) is 47.1 Å². The molecule has 0 amide bonds. The maximum atomic E-state index is 5.49. The van der Waals surface area contributed by atoms with E-state index in [9.17, 15) is 0 Å². The average molecular weight is 197 g/mol. The van der Waals surface area contributed by atoms with Gasteiger partial charge < -0.3 is 4.42 Å². The number of hydrogen-bond donors (Lipinski definition) is 0. The lowest BCUT2D eigenvalue weighted by atomic mass is 9.81. The van der Waals surface area contributed by atoms with Crippen LogP contribution in [0.4, 0.5) is 0 Å². The molecule has 0 bridgehead atoms. The molecule has 75 valence electrons. The zero-order valence-electron chi connectivity index (χ0n) is 8.57. The van der Waals surface area contributed by atoms with Gasteiger partial charge in [0.1, 0.15) is 5.76 Å². The molecule has 1 aliphatic rings. The molecule has 1 aliphatic carbocycles. The third-order valence-corrected chi connectivity index (χ3v) is 3.03. The van der Waals surface area contributed by atoms with Gasteiger partial charge in [-0.25, -0.2) is 0 Å². The van der Waals surface area contributed by atoms with Crippen LogP contribution < -0.4 is 0 Å². The molecule has 15 heavy (non-hydrogen) atoms. The van der Waals surface area contributed by atoms with Gasteiger partial charge in [0.25, 0.3) is 0 Å². The highest BCUT2D eigenvalue weighted by atomic mass is 16.3. The molecule has 0 unspecified atom stereocenters. The first-order valence-electron chi connectivity index (χ1n) is 5.43. The molecule has 1 heteroatoms. The minimum absolute atomic E-state index is 1.03. The summed E-state index contributed by atoms with van der Waals surface area (Å²) >= 11 is 0. The molecule has 0 atom stereocenters. The van der Waals surface area contributed by atoms with Crippen molar-refractivity contribution in [2.45, 2.75) is 19.3 Å². The largest absolute Gasteiger partial charge is 0.468 e. The highest BCUT2D eigenvalue weighted by molar-refractivity contribution is 5.47. The van der Waals surface area contributed by atoms with Crippen molar-refractivity contribution in [1.82, 2.24) is 0 Å². The predicted octanol–water partition coefficient (Wildman–Crippen LogP) is 3.59. The summed E-state index contributed by atoms with van der Waals surface area (Å²) in [6, 6.07) is 12.7. The zero-order chi connectivity index (χ0) is 10.1. The molecule has 1 heterocycles. The van der Waals surface area contributed by atoms with Crippen LogP contribution in [0.25, 0.3) is 0 Å². The predicted molar refractivity (Wildman–Crippen MR) is 59.5 cm³/mol. The van der Waals surface area contributed by atoms with Gasteiger partial charge in [-0.1, -0.05) is 24.3 Å². The number of aryl methyl sites for hydroxylation is 1. The van der Waals surface area contributed by atoms with Crippen molar-refractivity contribution in [3.05, 3.63) is 65.5 Å². The molecule has 0 fully saturated rings. The van der Waals surface area contributed by atoms with E-state index < -0.39 is 0 Å². The van der Waals surface area contributed by atoms with Gasteiger partial charge in [0.2, 0.25) is 0 Å². The maximum Gasteiger partial charge on any atom is 0.115 e. The molecule has 2 aromatic rings. The van der Waals surface area contributed by atoms with Gasteiger partial charge in [0, 0.05) is 0 Å². The van der Waals surface area contributed by atoms with Gasteiger partial charge >= 0.3 is 0 Å². The van der Waals surface area contributed by atoms with Crippen molar-refractivity contribution >= 4 is 0 Å². The lowest BCUT2D eigenvalue weighted by molar-refractivity contribution is 0.513. The molecular weight excluding hydrogens is 184 g/mol. The first kappa shape index (κ1) is 8.78. The molecule has 0 saturated carbocycles. The fourth-order valence-electron chi connectivity index (χ4n) is 2.33. The summed E-state index contributed by atoms with van der Waals surface area (Å²) in [4.78, 5) is 0. The first-order valence-corrected chi connectivity index (χ1v) is 5.43. The summed E-state index contributed by atoms with van der Waals surface area (Å²) in [6.45, 7) is 0. The van der Waals surface area contributed by atoms with Crippen molar-refractivity contribution in [3.63, 3.8) is 0 Å². The summed E-state index contributed by atoms with van der Waals surface area (Å²) in [7, 11) is 0. The zero-order valence-corrected chi connectivity index (χ0v) is 8.57. The molecule has 0 spiro atoms. The molecule has 0 N–H and O–H groups in total. The Bertz CT molecular complexity index is 442. The SMILES string of the molecule is c1coc([C]2CCCc3ccccc32)c1. The molecule has 0 saturated heterocycles. The van der Waals surface area contributed by atoms with E-state index in [1.54, 1.807) is 6.26 Å². The Labute approximate surface area is 89.7 Å². The number of fused-ring (bicyclic) bond motifs is 1. The second-order valence-electron chi connectivity index (χ2n) is 3.97. The second kappa shape index (κ2) is 3.58. The molecular formula is C14H13O. The van der Waals surface area contributed by atoms with Crippen molar-refractivity contribution in [1.29, 1.82) is 0 Å².